The maximum atomic E-state index is 12.8. The van der Waals surface area contributed by atoms with E-state index in [1.165, 1.54) is 0 Å². The molecular formula is C28H27ClN2O4. The smallest absolute Gasteiger partial charge is 0.356 e. The molecule has 0 unspecified atom stereocenters. The van der Waals surface area contributed by atoms with Gasteiger partial charge < -0.3 is 18.9 Å². The Bertz CT molecular complexity index is 1310. The number of rotatable bonds is 10. The number of fused-ring (bicyclic) bond motifs is 1. The highest BCUT2D eigenvalue weighted by atomic mass is 35.5. The molecule has 1 aromatic heterocycles. The maximum absolute atomic E-state index is 12.8. The zero-order valence-electron chi connectivity index (χ0n) is 19.7. The first-order chi connectivity index (χ1) is 17.1. The Morgan fingerprint density at radius 3 is 2.40 bits per heavy atom. The number of hydrogen-bond donors (Lipinski definition) is 0. The first kappa shape index (κ1) is 24.4. The minimum Gasteiger partial charge on any atom is -0.487 e. The monoisotopic (exact) mass is 490 g/mol. The van der Waals surface area contributed by atoms with Gasteiger partial charge in [0.05, 0.1) is 12.3 Å². The number of nitrogens with zero attached hydrogens (tertiary/aromatic N) is 2. The number of aromatic nitrogens is 1. The van der Waals surface area contributed by atoms with Crippen molar-refractivity contribution in [2.24, 2.45) is 12.2 Å². The maximum Gasteiger partial charge on any atom is 0.356 e. The molecule has 35 heavy (non-hydrogen) atoms. The van der Waals surface area contributed by atoms with E-state index in [4.69, 9.17) is 25.9 Å². The van der Waals surface area contributed by atoms with Gasteiger partial charge in [-0.3, -0.25) is 0 Å². The van der Waals surface area contributed by atoms with Gasteiger partial charge >= 0.3 is 5.97 Å². The van der Waals surface area contributed by atoms with Crippen LogP contribution in [0.2, 0.25) is 5.02 Å². The summed E-state index contributed by atoms with van der Waals surface area (Å²) in [7, 11) is 1.99. The van der Waals surface area contributed by atoms with Crippen LogP contribution < -0.4 is 4.74 Å². The van der Waals surface area contributed by atoms with Crippen LogP contribution in [-0.2, 0) is 41.1 Å². The highest BCUT2D eigenvalue weighted by molar-refractivity contribution is 6.37. The van der Waals surface area contributed by atoms with E-state index in [9.17, 15) is 4.79 Å². The van der Waals surface area contributed by atoms with Crippen LogP contribution in [0.3, 0.4) is 0 Å². The number of carbonyl (C=O) groups is 1. The number of oxime groups is 1. The molecule has 4 rings (SSSR count). The molecule has 0 aliphatic heterocycles. The minimum atomic E-state index is -0.502. The molecule has 0 atom stereocenters. The van der Waals surface area contributed by atoms with Gasteiger partial charge in [0.2, 0.25) is 0 Å². The van der Waals surface area contributed by atoms with E-state index < -0.39 is 5.97 Å². The summed E-state index contributed by atoms with van der Waals surface area (Å²) in [6, 6.07) is 24.9. The number of para-hydroxylation sites is 1. The Hall–Kier alpha value is -3.77. The number of esters is 1. The molecular weight excluding hydrogens is 464 g/mol. The number of benzene rings is 3. The summed E-state index contributed by atoms with van der Waals surface area (Å²) in [6.45, 7) is 2.58. The van der Waals surface area contributed by atoms with Crippen molar-refractivity contribution in [2.75, 3.05) is 6.61 Å². The van der Waals surface area contributed by atoms with Crippen LogP contribution in [0.4, 0.5) is 0 Å². The van der Waals surface area contributed by atoms with Crippen LogP contribution >= 0.6 is 11.6 Å². The molecule has 0 fully saturated rings. The average Bonchev–Trinajstić information content (AvgIpc) is 3.14. The number of aryl methyl sites for hydroxylation is 1. The van der Waals surface area contributed by atoms with Crippen molar-refractivity contribution in [3.8, 4) is 5.75 Å². The number of ether oxygens (including phenoxy) is 2. The van der Waals surface area contributed by atoms with Gasteiger partial charge in [0, 0.05) is 29.4 Å². The molecule has 180 valence electrons. The second-order valence-electron chi connectivity index (χ2n) is 7.94. The Morgan fingerprint density at radius 1 is 0.943 bits per heavy atom. The van der Waals surface area contributed by atoms with E-state index in [2.05, 4.69) is 9.72 Å². The molecule has 0 aliphatic rings. The molecule has 4 aromatic rings. The van der Waals surface area contributed by atoms with Crippen molar-refractivity contribution >= 4 is 34.2 Å². The number of halogens is 1. The molecule has 0 saturated carbocycles. The highest BCUT2D eigenvalue weighted by Crippen LogP contribution is 2.28. The first-order valence-corrected chi connectivity index (χ1v) is 11.8. The molecule has 0 spiro atoms. The molecule has 0 bridgehead atoms. The molecule has 1 heterocycles. The molecule has 0 saturated heterocycles. The zero-order chi connectivity index (χ0) is 24.6. The molecule has 0 aliphatic carbocycles. The summed E-state index contributed by atoms with van der Waals surface area (Å²) < 4.78 is 13.4. The molecule has 0 radical (unpaired) electrons. The number of carbonyl (C=O) groups excluding carboxylic acids is 1. The zero-order valence-corrected chi connectivity index (χ0v) is 20.5. The SMILES string of the molecule is CCOC(=O)C(Cc1c(COc2ccc(Cl)cc2)n(C)c2ccccc12)=NOCc1ccccc1. The second kappa shape index (κ2) is 11.6. The van der Waals surface area contributed by atoms with E-state index >= 15 is 0 Å². The molecule has 3 aromatic carbocycles. The Kier molecular flexibility index (Phi) is 8.06. The van der Waals surface area contributed by atoms with Crippen molar-refractivity contribution in [3.63, 3.8) is 0 Å². The normalized spacial score (nSPS) is 11.5. The standard InChI is InChI=1S/C28H27ClN2O4/c1-3-33-28(32)25(30-35-18-20-9-5-4-6-10-20)17-24-23-11-7-8-12-26(23)31(2)27(24)19-34-22-15-13-21(29)14-16-22/h4-16H,3,17-19H2,1-2H3. The van der Waals surface area contributed by atoms with Gasteiger partial charge in [0.15, 0.2) is 5.71 Å². The van der Waals surface area contributed by atoms with E-state index in [0.717, 1.165) is 27.7 Å². The lowest BCUT2D eigenvalue weighted by molar-refractivity contribution is -0.135. The van der Waals surface area contributed by atoms with Crippen molar-refractivity contribution in [1.29, 1.82) is 0 Å². The third kappa shape index (κ3) is 6.03. The highest BCUT2D eigenvalue weighted by Gasteiger charge is 2.22. The van der Waals surface area contributed by atoms with Gasteiger partial charge in [-0.1, -0.05) is 65.3 Å². The van der Waals surface area contributed by atoms with Crippen LogP contribution in [-0.4, -0.2) is 22.9 Å². The lowest BCUT2D eigenvalue weighted by atomic mass is 10.0. The van der Waals surface area contributed by atoms with E-state index in [0.29, 0.717) is 17.4 Å². The molecule has 0 amide bonds. The Balaban J connectivity index is 1.64. The molecule has 0 N–H and O–H groups in total. The van der Waals surface area contributed by atoms with Crippen LogP contribution in [0, 0.1) is 0 Å². The van der Waals surface area contributed by atoms with E-state index in [-0.39, 0.29) is 25.3 Å². The topological polar surface area (TPSA) is 62.0 Å². The fraction of sp³-hybridized carbons (Fsp3) is 0.214. The summed E-state index contributed by atoms with van der Waals surface area (Å²) >= 11 is 6.00. The van der Waals surface area contributed by atoms with Crippen molar-refractivity contribution in [1.82, 2.24) is 4.57 Å². The largest absolute Gasteiger partial charge is 0.487 e. The number of hydrogen-bond acceptors (Lipinski definition) is 5. The van der Waals surface area contributed by atoms with E-state index in [1.54, 1.807) is 19.1 Å². The van der Waals surface area contributed by atoms with E-state index in [1.807, 2.05) is 73.8 Å². The Morgan fingerprint density at radius 2 is 1.66 bits per heavy atom. The van der Waals surface area contributed by atoms with Crippen LogP contribution in [0.5, 0.6) is 5.75 Å². The van der Waals surface area contributed by atoms with Gasteiger partial charge in [0.25, 0.3) is 0 Å². The third-order valence-corrected chi connectivity index (χ3v) is 5.89. The third-order valence-electron chi connectivity index (χ3n) is 5.64. The van der Waals surface area contributed by atoms with Gasteiger partial charge in [-0.2, -0.15) is 0 Å². The van der Waals surface area contributed by atoms with Gasteiger partial charge in [-0.05, 0) is 48.4 Å². The Labute approximate surface area is 209 Å². The summed E-state index contributed by atoms with van der Waals surface area (Å²) in [4.78, 5) is 18.3. The summed E-state index contributed by atoms with van der Waals surface area (Å²) in [5, 5.41) is 5.86. The lowest BCUT2D eigenvalue weighted by Gasteiger charge is -2.12. The quantitative estimate of drug-likeness (QED) is 0.153. The first-order valence-electron chi connectivity index (χ1n) is 11.4. The minimum absolute atomic E-state index is 0.201. The molecule has 6 nitrogen and oxygen atoms in total. The van der Waals surface area contributed by atoms with Gasteiger partial charge in [-0.15, -0.1) is 0 Å². The van der Waals surface area contributed by atoms with Gasteiger partial charge in [-0.25, -0.2) is 4.79 Å². The van der Waals surface area contributed by atoms with Gasteiger partial charge in [0.1, 0.15) is 19.0 Å². The summed E-state index contributed by atoms with van der Waals surface area (Å²) in [5.41, 5.74) is 4.06. The second-order valence-corrected chi connectivity index (χ2v) is 8.37. The predicted molar refractivity (Wildman–Crippen MR) is 138 cm³/mol. The van der Waals surface area contributed by atoms with Crippen molar-refractivity contribution in [3.05, 3.63) is 101 Å². The summed E-state index contributed by atoms with van der Waals surface area (Å²) in [6.07, 6.45) is 0.244. The summed E-state index contributed by atoms with van der Waals surface area (Å²) in [5.74, 6) is 0.203. The molecule has 7 heteroatoms. The lowest BCUT2D eigenvalue weighted by Crippen LogP contribution is -2.21. The fourth-order valence-corrected chi connectivity index (χ4v) is 4.00. The van der Waals surface area contributed by atoms with Crippen LogP contribution in [0.25, 0.3) is 10.9 Å². The fourth-order valence-electron chi connectivity index (χ4n) is 3.87. The predicted octanol–water partition coefficient (Wildman–Crippen LogP) is 6.09. The van der Waals surface area contributed by atoms with Crippen LogP contribution in [0.1, 0.15) is 23.7 Å². The van der Waals surface area contributed by atoms with Crippen molar-refractivity contribution < 1.29 is 19.1 Å². The van der Waals surface area contributed by atoms with Crippen molar-refractivity contribution in [2.45, 2.75) is 26.6 Å². The average molecular weight is 491 g/mol. The van der Waals surface area contributed by atoms with Crippen LogP contribution in [0.15, 0.2) is 84.0 Å².